The Morgan fingerprint density at radius 2 is 1.89 bits per heavy atom. The van der Waals surface area contributed by atoms with Crippen molar-refractivity contribution in [1.82, 2.24) is 4.98 Å². The highest BCUT2D eigenvalue weighted by molar-refractivity contribution is 9.10. The van der Waals surface area contributed by atoms with Gasteiger partial charge in [-0.05, 0) is 52.4 Å². The molecule has 3 rings (SSSR count). The smallest absolute Gasteiger partial charge is 0.126 e. The van der Waals surface area contributed by atoms with Crippen LogP contribution in [0.2, 0.25) is 0 Å². The van der Waals surface area contributed by atoms with Gasteiger partial charge in [0.15, 0.2) is 0 Å². The molecule has 18 heavy (non-hydrogen) atoms. The molecule has 1 aliphatic carbocycles. The normalized spacial score (nSPS) is 16.3. The third-order valence-electron chi connectivity index (χ3n) is 3.28. The lowest BCUT2D eigenvalue weighted by atomic mass is 10.0. The number of halogens is 1. The first kappa shape index (κ1) is 11.7. The lowest BCUT2D eigenvalue weighted by molar-refractivity contribution is 0.675. The number of rotatable bonds is 4. The number of anilines is 1. The van der Waals surface area contributed by atoms with Gasteiger partial charge in [-0.2, -0.15) is 0 Å². The molecule has 2 aromatic rings. The summed E-state index contributed by atoms with van der Waals surface area (Å²) in [5.41, 5.74) is 1.35. The Hall–Kier alpha value is -1.35. The van der Waals surface area contributed by atoms with Crippen molar-refractivity contribution >= 4 is 21.7 Å². The molecule has 1 aliphatic rings. The lowest BCUT2D eigenvalue weighted by Gasteiger charge is -2.19. The largest absolute Gasteiger partial charge is 0.363 e. The second kappa shape index (κ2) is 5.11. The third kappa shape index (κ3) is 2.72. The SMILES string of the molecule is Brc1ccc(NC(c2ccccc2)C2CC2)nc1. The minimum atomic E-state index is 0.389. The summed E-state index contributed by atoms with van der Waals surface area (Å²) in [5, 5.41) is 3.55. The first-order valence-electron chi connectivity index (χ1n) is 6.26. The Labute approximate surface area is 116 Å². The summed E-state index contributed by atoms with van der Waals surface area (Å²) in [4.78, 5) is 4.40. The average molecular weight is 303 g/mol. The molecule has 1 aromatic heterocycles. The van der Waals surface area contributed by atoms with Crippen LogP contribution in [0, 0.1) is 5.92 Å². The highest BCUT2D eigenvalue weighted by atomic mass is 79.9. The highest BCUT2D eigenvalue weighted by Gasteiger charge is 2.32. The van der Waals surface area contributed by atoms with Crippen LogP contribution < -0.4 is 5.32 Å². The fraction of sp³-hybridized carbons (Fsp3) is 0.267. The Morgan fingerprint density at radius 3 is 2.50 bits per heavy atom. The van der Waals surface area contributed by atoms with E-state index in [1.165, 1.54) is 18.4 Å². The van der Waals surface area contributed by atoms with Gasteiger partial charge >= 0.3 is 0 Å². The first-order valence-corrected chi connectivity index (χ1v) is 7.05. The van der Waals surface area contributed by atoms with E-state index < -0.39 is 0 Å². The maximum Gasteiger partial charge on any atom is 0.126 e. The first-order chi connectivity index (χ1) is 8.83. The van der Waals surface area contributed by atoms with Gasteiger partial charge in [-0.15, -0.1) is 0 Å². The lowest BCUT2D eigenvalue weighted by Crippen LogP contribution is -2.13. The zero-order valence-electron chi connectivity index (χ0n) is 10.0. The van der Waals surface area contributed by atoms with E-state index in [0.717, 1.165) is 16.2 Å². The summed E-state index contributed by atoms with van der Waals surface area (Å²) in [6.45, 7) is 0. The molecule has 1 atom stereocenters. The Balaban J connectivity index is 1.81. The van der Waals surface area contributed by atoms with Crippen molar-refractivity contribution in [3.63, 3.8) is 0 Å². The predicted octanol–water partition coefficient (Wildman–Crippen LogP) is 4.41. The van der Waals surface area contributed by atoms with Crippen molar-refractivity contribution in [2.45, 2.75) is 18.9 Å². The summed E-state index contributed by atoms with van der Waals surface area (Å²) < 4.78 is 1.01. The van der Waals surface area contributed by atoms with Crippen LogP contribution in [-0.2, 0) is 0 Å². The van der Waals surface area contributed by atoms with E-state index in [2.05, 4.69) is 56.6 Å². The fourth-order valence-corrected chi connectivity index (χ4v) is 2.42. The van der Waals surface area contributed by atoms with Crippen LogP contribution in [0.5, 0.6) is 0 Å². The van der Waals surface area contributed by atoms with Gasteiger partial charge in [0.25, 0.3) is 0 Å². The topological polar surface area (TPSA) is 24.9 Å². The molecule has 0 spiro atoms. The minimum absolute atomic E-state index is 0.389. The number of benzene rings is 1. The standard InChI is InChI=1S/C15H15BrN2/c16-13-8-9-14(17-10-13)18-15(12-6-7-12)11-4-2-1-3-5-11/h1-5,8-10,12,15H,6-7H2,(H,17,18). The van der Waals surface area contributed by atoms with Crippen molar-refractivity contribution < 1.29 is 0 Å². The average Bonchev–Trinajstić information content (AvgIpc) is 3.23. The van der Waals surface area contributed by atoms with Gasteiger partial charge < -0.3 is 5.32 Å². The minimum Gasteiger partial charge on any atom is -0.363 e. The molecule has 0 aliphatic heterocycles. The number of aromatic nitrogens is 1. The quantitative estimate of drug-likeness (QED) is 0.905. The summed E-state index contributed by atoms with van der Waals surface area (Å²) in [5.74, 6) is 1.69. The third-order valence-corrected chi connectivity index (χ3v) is 3.75. The molecule has 0 bridgehead atoms. The van der Waals surface area contributed by atoms with E-state index in [1.807, 2.05) is 18.3 Å². The van der Waals surface area contributed by atoms with Crippen LogP contribution >= 0.6 is 15.9 Å². The van der Waals surface area contributed by atoms with Crippen molar-refractivity contribution in [2.24, 2.45) is 5.92 Å². The van der Waals surface area contributed by atoms with E-state index in [-0.39, 0.29) is 0 Å². The van der Waals surface area contributed by atoms with Crippen LogP contribution in [-0.4, -0.2) is 4.98 Å². The molecule has 1 fully saturated rings. The number of pyridine rings is 1. The zero-order valence-corrected chi connectivity index (χ0v) is 11.6. The van der Waals surface area contributed by atoms with Crippen molar-refractivity contribution in [1.29, 1.82) is 0 Å². The van der Waals surface area contributed by atoms with Gasteiger partial charge in [-0.1, -0.05) is 30.3 Å². The maximum absolute atomic E-state index is 4.40. The van der Waals surface area contributed by atoms with Gasteiger partial charge in [0, 0.05) is 10.7 Å². The van der Waals surface area contributed by atoms with Gasteiger partial charge in [-0.3, -0.25) is 0 Å². The second-order valence-electron chi connectivity index (χ2n) is 4.73. The van der Waals surface area contributed by atoms with E-state index in [0.29, 0.717) is 6.04 Å². The molecular weight excluding hydrogens is 288 g/mol. The number of nitrogens with zero attached hydrogens (tertiary/aromatic N) is 1. The molecule has 0 saturated heterocycles. The van der Waals surface area contributed by atoms with Gasteiger partial charge in [0.1, 0.15) is 5.82 Å². The van der Waals surface area contributed by atoms with E-state index in [9.17, 15) is 0 Å². The molecule has 1 unspecified atom stereocenters. The van der Waals surface area contributed by atoms with E-state index in [4.69, 9.17) is 0 Å². The Kier molecular flexibility index (Phi) is 3.33. The number of hydrogen-bond acceptors (Lipinski definition) is 2. The van der Waals surface area contributed by atoms with Crippen molar-refractivity contribution in [3.05, 3.63) is 58.7 Å². The fourth-order valence-electron chi connectivity index (χ4n) is 2.18. The molecule has 1 saturated carbocycles. The predicted molar refractivity (Wildman–Crippen MR) is 77.5 cm³/mol. The van der Waals surface area contributed by atoms with E-state index in [1.54, 1.807) is 0 Å². The maximum atomic E-state index is 4.40. The molecule has 1 aromatic carbocycles. The molecule has 92 valence electrons. The van der Waals surface area contributed by atoms with Gasteiger partial charge in [0.2, 0.25) is 0 Å². The van der Waals surface area contributed by atoms with Crippen molar-refractivity contribution in [3.8, 4) is 0 Å². The zero-order chi connectivity index (χ0) is 12.4. The molecule has 0 radical (unpaired) electrons. The van der Waals surface area contributed by atoms with Crippen LogP contribution in [0.3, 0.4) is 0 Å². The summed E-state index contributed by atoms with van der Waals surface area (Å²) >= 11 is 3.41. The van der Waals surface area contributed by atoms with E-state index >= 15 is 0 Å². The molecule has 1 N–H and O–H groups in total. The van der Waals surface area contributed by atoms with Crippen LogP contribution in [0.4, 0.5) is 5.82 Å². The van der Waals surface area contributed by atoms with Crippen LogP contribution in [0.1, 0.15) is 24.4 Å². The summed E-state index contributed by atoms with van der Waals surface area (Å²) in [6, 6.07) is 15.1. The molecule has 0 amide bonds. The van der Waals surface area contributed by atoms with Crippen molar-refractivity contribution in [2.75, 3.05) is 5.32 Å². The summed E-state index contributed by atoms with van der Waals surface area (Å²) in [6.07, 6.45) is 4.45. The van der Waals surface area contributed by atoms with Crippen LogP contribution in [0.15, 0.2) is 53.1 Å². The Bertz CT molecular complexity index is 506. The molecule has 2 nitrogen and oxygen atoms in total. The van der Waals surface area contributed by atoms with Gasteiger partial charge in [0.05, 0.1) is 6.04 Å². The second-order valence-corrected chi connectivity index (χ2v) is 5.65. The van der Waals surface area contributed by atoms with Crippen LogP contribution in [0.25, 0.3) is 0 Å². The number of hydrogen-bond donors (Lipinski definition) is 1. The Morgan fingerprint density at radius 1 is 1.11 bits per heavy atom. The molecular formula is C15H15BrN2. The number of nitrogens with one attached hydrogen (secondary N) is 1. The van der Waals surface area contributed by atoms with Gasteiger partial charge in [-0.25, -0.2) is 4.98 Å². The highest BCUT2D eigenvalue weighted by Crippen LogP contribution is 2.42. The molecule has 1 heterocycles. The monoisotopic (exact) mass is 302 g/mol. The summed E-state index contributed by atoms with van der Waals surface area (Å²) in [7, 11) is 0. The molecule has 3 heteroatoms.